The van der Waals surface area contributed by atoms with Gasteiger partial charge in [-0.1, -0.05) is 29.8 Å². The predicted molar refractivity (Wildman–Crippen MR) is 91.9 cm³/mol. The van der Waals surface area contributed by atoms with Crippen molar-refractivity contribution in [1.82, 2.24) is 9.88 Å². The van der Waals surface area contributed by atoms with Crippen LogP contribution in [0.25, 0.3) is 11.3 Å². The number of amides is 1. The average molecular weight is 342 g/mol. The summed E-state index contributed by atoms with van der Waals surface area (Å²) < 4.78 is 5.74. The maximum Gasteiger partial charge on any atom is 0.306 e. The topological polar surface area (TPSA) is 83.6 Å². The third kappa shape index (κ3) is 4.26. The first-order valence-corrected chi connectivity index (χ1v) is 8.55. The molecule has 1 saturated heterocycles. The lowest BCUT2D eigenvalue weighted by molar-refractivity contribution is -0.145. The van der Waals surface area contributed by atoms with Crippen LogP contribution in [0.3, 0.4) is 0 Å². The van der Waals surface area contributed by atoms with Crippen molar-refractivity contribution >= 4 is 11.9 Å². The number of piperidine rings is 1. The number of carboxylic acids is 1. The van der Waals surface area contributed by atoms with Crippen LogP contribution in [0.4, 0.5) is 0 Å². The van der Waals surface area contributed by atoms with E-state index in [2.05, 4.69) is 4.98 Å². The van der Waals surface area contributed by atoms with Crippen molar-refractivity contribution in [2.75, 3.05) is 13.1 Å². The highest BCUT2D eigenvalue weighted by Crippen LogP contribution is 2.22. The lowest BCUT2D eigenvalue weighted by Crippen LogP contribution is -2.40. The summed E-state index contributed by atoms with van der Waals surface area (Å²) >= 11 is 0. The second-order valence-corrected chi connectivity index (χ2v) is 6.48. The number of rotatable bonds is 5. The number of aryl methyl sites for hydroxylation is 2. The molecule has 0 atom stereocenters. The van der Waals surface area contributed by atoms with Crippen LogP contribution in [0.5, 0.6) is 0 Å². The zero-order valence-corrected chi connectivity index (χ0v) is 14.3. The van der Waals surface area contributed by atoms with Gasteiger partial charge in [0.1, 0.15) is 0 Å². The van der Waals surface area contributed by atoms with E-state index in [4.69, 9.17) is 9.52 Å². The largest absolute Gasteiger partial charge is 0.481 e. The molecule has 0 spiro atoms. The zero-order chi connectivity index (χ0) is 17.8. The van der Waals surface area contributed by atoms with E-state index in [0.29, 0.717) is 50.4 Å². The van der Waals surface area contributed by atoms with Gasteiger partial charge >= 0.3 is 5.97 Å². The van der Waals surface area contributed by atoms with Gasteiger partial charge in [0.2, 0.25) is 5.91 Å². The number of carboxylic acid groups (broad SMARTS) is 1. The van der Waals surface area contributed by atoms with E-state index < -0.39 is 5.97 Å². The molecule has 0 radical (unpaired) electrons. The number of likely N-dealkylation sites (tertiary alicyclic amines) is 1. The van der Waals surface area contributed by atoms with Crippen molar-refractivity contribution in [3.63, 3.8) is 0 Å². The molecule has 1 aromatic carbocycles. The maximum atomic E-state index is 12.3. The smallest absolute Gasteiger partial charge is 0.306 e. The van der Waals surface area contributed by atoms with Crippen molar-refractivity contribution < 1.29 is 19.1 Å². The monoisotopic (exact) mass is 342 g/mol. The average Bonchev–Trinajstić information content (AvgIpc) is 3.09. The van der Waals surface area contributed by atoms with Gasteiger partial charge in [-0.3, -0.25) is 9.59 Å². The normalized spacial score (nSPS) is 15.3. The number of nitrogens with zero attached hydrogens (tertiary/aromatic N) is 2. The molecule has 1 N–H and O–H groups in total. The summed E-state index contributed by atoms with van der Waals surface area (Å²) in [5.74, 6) is 0.177. The Bertz CT molecular complexity index is 743. The summed E-state index contributed by atoms with van der Waals surface area (Å²) in [7, 11) is 0. The Labute approximate surface area is 146 Å². The van der Waals surface area contributed by atoms with Gasteiger partial charge in [0, 0.05) is 31.5 Å². The Morgan fingerprint density at radius 3 is 2.56 bits per heavy atom. The second kappa shape index (κ2) is 7.51. The predicted octanol–water partition coefficient (Wildman–Crippen LogP) is 2.91. The summed E-state index contributed by atoms with van der Waals surface area (Å²) in [4.78, 5) is 29.2. The van der Waals surface area contributed by atoms with Crippen LogP contribution in [-0.4, -0.2) is 40.0 Å². The van der Waals surface area contributed by atoms with E-state index in [9.17, 15) is 9.59 Å². The van der Waals surface area contributed by atoms with Crippen LogP contribution in [-0.2, 0) is 16.0 Å². The number of oxazole rings is 1. The molecule has 0 bridgehead atoms. The summed E-state index contributed by atoms with van der Waals surface area (Å²) in [5.41, 5.74) is 2.15. The number of hydrogen-bond acceptors (Lipinski definition) is 4. The molecule has 2 heterocycles. The third-order valence-corrected chi connectivity index (χ3v) is 4.64. The van der Waals surface area contributed by atoms with Crippen molar-refractivity contribution in [1.29, 1.82) is 0 Å². The Morgan fingerprint density at radius 1 is 1.24 bits per heavy atom. The van der Waals surface area contributed by atoms with Crippen LogP contribution in [0.2, 0.25) is 0 Å². The van der Waals surface area contributed by atoms with Gasteiger partial charge in [0.25, 0.3) is 0 Å². The Hall–Kier alpha value is -2.63. The fourth-order valence-electron chi connectivity index (χ4n) is 3.02. The number of hydrogen-bond donors (Lipinski definition) is 1. The molecular formula is C19H22N2O4. The highest BCUT2D eigenvalue weighted by atomic mass is 16.4. The molecule has 25 heavy (non-hydrogen) atoms. The van der Waals surface area contributed by atoms with Gasteiger partial charge in [-0.15, -0.1) is 0 Å². The molecule has 132 valence electrons. The molecule has 3 rings (SSSR count). The molecular weight excluding hydrogens is 320 g/mol. The van der Waals surface area contributed by atoms with Gasteiger partial charge in [-0.05, 0) is 19.8 Å². The van der Waals surface area contributed by atoms with E-state index in [1.165, 1.54) is 5.56 Å². The minimum absolute atomic E-state index is 0.0268. The molecule has 0 saturated carbocycles. The summed E-state index contributed by atoms with van der Waals surface area (Å²) in [6, 6.07) is 8.00. The van der Waals surface area contributed by atoms with Crippen molar-refractivity contribution in [3.05, 3.63) is 41.9 Å². The van der Waals surface area contributed by atoms with Gasteiger partial charge in [-0.2, -0.15) is 0 Å². The highest BCUT2D eigenvalue weighted by Gasteiger charge is 2.26. The lowest BCUT2D eigenvalue weighted by Gasteiger charge is -2.30. The van der Waals surface area contributed by atoms with Crippen molar-refractivity contribution in [3.8, 4) is 11.3 Å². The fraction of sp³-hybridized carbons (Fsp3) is 0.421. The Balaban J connectivity index is 1.51. The van der Waals surface area contributed by atoms with Gasteiger partial charge in [0.05, 0.1) is 12.1 Å². The van der Waals surface area contributed by atoms with Crippen LogP contribution in [0.1, 0.15) is 30.7 Å². The first kappa shape index (κ1) is 17.2. The molecule has 6 heteroatoms. The minimum atomic E-state index is -0.768. The Morgan fingerprint density at radius 2 is 1.92 bits per heavy atom. The molecule has 2 aromatic rings. The summed E-state index contributed by atoms with van der Waals surface area (Å²) in [6.07, 6.45) is 3.51. The van der Waals surface area contributed by atoms with E-state index in [1.54, 1.807) is 11.1 Å². The summed E-state index contributed by atoms with van der Waals surface area (Å²) in [6.45, 7) is 3.05. The molecule has 0 aliphatic carbocycles. The summed E-state index contributed by atoms with van der Waals surface area (Å²) in [5, 5.41) is 9.00. The van der Waals surface area contributed by atoms with E-state index in [1.807, 2.05) is 31.2 Å². The van der Waals surface area contributed by atoms with Crippen molar-refractivity contribution in [2.24, 2.45) is 5.92 Å². The van der Waals surface area contributed by atoms with Gasteiger partial charge in [-0.25, -0.2) is 4.98 Å². The van der Waals surface area contributed by atoms with Crippen molar-refractivity contribution in [2.45, 2.75) is 32.6 Å². The number of benzene rings is 1. The lowest BCUT2D eigenvalue weighted by atomic mass is 9.97. The zero-order valence-electron chi connectivity index (χ0n) is 14.3. The number of aromatic nitrogens is 1. The minimum Gasteiger partial charge on any atom is -0.481 e. The van der Waals surface area contributed by atoms with Crippen LogP contribution >= 0.6 is 0 Å². The van der Waals surface area contributed by atoms with E-state index >= 15 is 0 Å². The maximum absolute atomic E-state index is 12.3. The molecule has 1 fully saturated rings. The molecule has 1 aliphatic heterocycles. The van der Waals surface area contributed by atoms with Crippen LogP contribution in [0, 0.1) is 12.8 Å². The molecule has 0 unspecified atom stereocenters. The molecule has 6 nitrogen and oxygen atoms in total. The second-order valence-electron chi connectivity index (χ2n) is 6.48. The van der Waals surface area contributed by atoms with Crippen LogP contribution < -0.4 is 0 Å². The number of aliphatic carboxylic acids is 1. The Kier molecular flexibility index (Phi) is 5.16. The molecule has 1 amide bonds. The molecule has 1 aliphatic rings. The SMILES string of the molecule is Cc1ccc(-c2cnc(CCC(=O)N3CCC(C(=O)O)CC3)o2)cc1. The first-order chi connectivity index (χ1) is 12.0. The molecule has 1 aromatic heterocycles. The van der Waals surface area contributed by atoms with E-state index in [0.717, 1.165) is 5.56 Å². The van der Waals surface area contributed by atoms with Gasteiger partial charge in [0.15, 0.2) is 11.7 Å². The van der Waals surface area contributed by atoms with Crippen LogP contribution in [0.15, 0.2) is 34.9 Å². The number of carbonyl (C=O) groups excluding carboxylic acids is 1. The first-order valence-electron chi connectivity index (χ1n) is 8.55. The third-order valence-electron chi connectivity index (χ3n) is 4.64. The quantitative estimate of drug-likeness (QED) is 0.903. The van der Waals surface area contributed by atoms with Gasteiger partial charge < -0.3 is 14.4 Å². The standard InChI is InChI=1S/C19H22N2O4/c1-13-2-4-14(5-3-13)16-12-20-17(25-16)6-7-18(22)21-10-8-15(9-11-21)19(23)24/h2-5,12,15H,6-11H2,1H3,(H,23,24). The fourth-order valence-corrected chi connectivity index (χ4v) is 3.02. The highest BCUT2D eigenvalue weighted by molar-refractivity contribution is 5.77. The van der Waals surface area contributed by atoms with E-state index in [-0.39, 0.29) is 11.8 Å². The number of carbonyl (C=O) groups is 2.